The molecule has 1 fully saturated rings. The number of carbonyl (C=O) groups is 2. The van der Waals surface area contributed by atoms with Crippen molar-refractivity contribution >= 4 is 22.6 Å². The SMILES string of the molecule is O=C(OCC(=O)N1CCOCC1)c1cccc2ccccc12. The molecular weight excluding hydrogens is 282 g/mol. The van der Waals surface area contributed by atoms with Crippen LogP contribution in [0.4, 0.5) is 0 Å². The van der Waals surface area contributed by atoms with Crippen molar-refractivity contribution in [2.24, 2.45) is 0 Å². The van der Waals surface area contributed by atoms with E-state index in [9.17, 15) is 9.59 Å². The van der Waals surface area contributed by atoms with Gasteiger partial charge in [0.1, 0.15) is 0 Å². The van der Waals surface area contributed by atoms with Gasteiger partial charge in [0.2, 0.25) is 0 Å². The largest absolute Gasteiger partial charge is 0.452 e. The molecule has 5 heteroatoms. The summed E-state index contributed by atoms with van der Waals surface area (Å²) < 4.78 is 10.4. The van der Waals surface area contributed by atoms with Crippen LogP contribution >= 0.6 is 0 Å². The Labute approximate surface area is 128 Å². The van der Waals surface area contributed by atoms with E-state index in [-0.39, 0.29) is 12.5 Å². The number of morpholine rings is 1. The second-order valence-corrected chi connectivity index (χ2v) is 5.10. The molecule has 0 unspecified atom stereocenters. The summed E-state index contributed by atoms with van der Waals surface area (Å²) in [5, 5.41) is 1.80. The molecule has 2 aromatic carbocycles. The van der Waals surface area contributed by atoms with Gasteiger partial charge in [-0.2, -0.15) is 0 Å². The second kappa shape index (κ2) is 6.58. The summed E-state index contributed by atoms with van der Waals surface area (Å²) in [5.74, 6) is -0.657. The van der Waals surface area contributed by atoms with Gasteiger partial charge in [-0.05, 0) is 16.8 Å². The van der Waals surface area contributed by atoms with Crippen LogP contribution in [0.3, 0.4) is 0 Å². The van der Waals surface area contributed by atoms with Gasteiger partial charge in [-0.25, -0.2) is 4.79 Å². The van der Waals surface area contributed by atoms with E-state index < -0.39 is 5.97 Å². The fourth-order valence-electron chi connectivity index (χ4n) is 2.51. The molecule has 22 heavy (non-hydrogen) atoms. The average Bonchev–Trinajstić information content (AvgIpc) is 2.59. The van der Waals surface area contributed by atoms with Crippen LogP contribution in [0.25, 0.3) is 10.8 Å². The Morgan fingerprint density at radius 2 is 1.77 bits per heavy atom. The van der Waals surface area contributed by atoms with E-state index >= 15 is 0 Å². The zero-order valence-electron chi connectivity index (χ0n) is 12.2. The Balaban J connectivity index is 1.67. The highest BCUT2D eigenvalue weighted by molar-refractivity contribution is 6.04. The molecule has 5 nitrogen and oxygen atoms in total. The molecule has 1 heterocycles. The van der Waals surface area contributed by atoms with Gasteiger partial charge < -0.3 is 14.4 Å². The van der Waals surface area contributed by atoms with E-state index in [4.69, 9.17) is 9.47 Å². The Morgan fingerprint density at radius 3 is 2.59 bits per heavy atom. The first-order valence-electron chi connectivity index (χ1n) is 7.26. The van der Waals surface area contributed by atoms with Crippen LogP contribution in [0.5, 0.6) is 0 Å². The van der Waals surface area contributed by atoms with Crippen LogP contribution in [-0.2, 0) is 14.3 Å². The molecule has 0 aromatic heterocycles. The molecule has 3 rings (SSSR count). The van der Waals surface area contributed by atoms with Crippen LogP contribution in [0.15, 0.2) is 42.5 Å². The number of ether oxygens (including phenoxy) is 2. The molecule has 1 saturated heterocycles. The van der Waals surface area contributed by atoms with E-state index in [1.165, 1.54) is 0 Å². The number of fused-ring (bicyclic) bond motifs is 1. The maximum atomic E-state index is 12.2. The summed E-state index contributed by atoms with van der Waals surface area (Å²) in [5.41, 5.74) is 0.480. The predicted octanol–water partition coefficient (Wildman–Crippen LogP) is 1.86. The van der Waals surface area contributed by atoms with Gasteiger partial charge in [0.15, 0.2) is 6.61 Å². The number of benzene rings is 2. The fraction of sp³-hybridized carbons (Fsp3) is 0.294. The monoisotopic (exact) mass is 299 g/mol. The highest BCUT2D eigenvalue weighted by Crippen LogP contribution is 2.19. The van der Waals surface area contributed by atoms with Crippen LogP contribution in [0, 0.1) is 0 Å². The van der Waals surface area contributed by atoms with Gasteiger partial charge in [0, 0.05) is 13.1 Å². The molecule has 1 aliphatic rings. The zero-order valence-corrected chi connectivity index (χ0v) is 12.2. The molecule has 0 saturated carbocycles. The first kappa shape index (κ1) is 14.5. The summed E-state index contributed by atoms with van der Waals surface area (Å²) in [4.78, 5) is 25.9. The maximum Gasteiger partial charge on any atom is 0.339 e. The van der Waals surface area contributed by atoms with Crippen LogP contribution < -0.4 is 0 Å². The first-order chi connectivity index (χ1) is 10.8. The predicted molar refractivity (Wildman–Crippen MR) is 81.6 cm³/mol. The van der Waals surface area contributed by atoms with Crippen molar-refractivity contribution in [1.82, 2.24) is 4.90 Å². The number of hydrogen-bond donors (Lipinski definition) is 0. The summed E-state index contributed by atoms with van der Waals surface area (Å²) in [6.07, 6.45) is 0. The average molecular weight is 299 g/mol. The van der Waals surface area contributed by atoms with Crippen LogP contribution in [0.2, 0.25) is 0 Å². The second-order valence-electron chi connectivity index (χ2n) is 5.10. The molecular formula is C17H17NO4. The minimum Gasteiger partial charge on any atom is -0.452 e. The number of esters is 1. The summed E-state index contributed by atoms with van der Waals surface area (Å²) in [6.45, 7) is 1.92. The van der Waals surface area contributed by atoms with Crippen molar-refractivity contribution in [3.63, 3.8) is 0 Å². The van der Waals surface area contributed by atoms with E-state index in [0.29, 0.717) is 31.9 Å². The number of nitrogens with zero attached hydrogens (tertiary/aromatic N) is 1. The van der Waals surface area contributed by atoms with Gasteiger partial charge in [-0.15, -0.1) is 0 Å². The molecule has 2 aromatic rings. The van der Waals surface area contributed by atoms with Gasteiger partial charge in [-0.1, -0.05) is 36.4 Å². The third-order valence-electron chi connectivity index (χ3n) is 3.70. The fourth-order valence-corrected chi connectivity index (χ4v) is 2.51. The van der Waals surface area contributed by atoms with E-state index in [0.717, 1.165) is 10.8 Å². The molecule has 0 N–H and O–H groups in total. The van der Waals surface area contributed by atoms with Crippen molar-refractivity contribution < 1.29 is 19.1 Å². The highest BCUT2D eigenvalue weighted by Gasteiger charge is 2.19. The number of rotatable bonds is 3. The highest BCUT2D eigenvalue weighted by atomic mass is 16.5. The summed E-state index contributed by atoms with van der Waals surface area (Å²) >= 11 is 0. The standard InChI is InChI=1S/C17H17NO4/c19-16(18-8-10-21-11-9-18)12-22-17(20)15-7-3-5-13-4-1-2-6-14(13)15/h1-7H,8-12H2. The molecule has 114 valence electrons. The summed E-state index contributed by atoms with van der Waals surface area (Å²) in [7, 11) is 0. The number of amides is 1. The van der Waals surface area contributed by atoms with Crippen LogP contribution in [-0.4, -0.2) is 49.7 Å². The summed E-state index contributed by atoms with van der Waals surface area (Å²) in [6, 6.07) is 13.1. The molecule has 0 spiro atoms. The van der Waals surface area contributed by atoms with Gasteiger partial charge >= 0.3 is 5.97 Å². The zero-order chi connectivity index (χ0) is 15.4. The van der Waals surface area contributed by atoms with E-state index in [1.54, 1.807) is 11.0 Å². The smallest absolute Gasteiger partial charge is 0.339 e. The first-order valence-corrected chi connectivity index (χ1v) is 7.26. The molecule has 0 radical (unpaired) electrons. The van der Waals surface area contributed by atoms with Crippen molar-refractivity contribution in [2.75, 3.05) is 32.9 Å². The maximum absolute atomic E-state index is 12.2. The van der Waals surface area contributed by atoms with Gasteiger partial charge in [0.25, 0.3) is 5.91 Å². The van der Waals surface area contributed by atoms with Crippen LogP contribution in [0.1, 0.15) is 10.4 Å². The molecule has 1 amide bonds. The van der Waals surface area contributed by atoms with Crippen molar-refractivity contribution in [3.8, 4) is 0 Å². The molecule has 1 aliphatic heterocycles. The lowest BCUT2D eigenvalue weighted by molar-refractivity contribution is -0.138. The van der Waals surface area contributed by atoms with E-state index in [2.05, 4.69) is 0 Å². The minimum absolute atomic E-state index is 0.183. The third kappa shape index (κ3) is 3.09. The Bertz CT molecular complexity index is 687. The lowest BCUT2D eigenvalue weighted by atomic mass is 10.1. The van der Waals surface area contributed by atoms with Crippen molar-refractivity contribution in [1.29, 1.82) is 0 Å². The Morgan fingerprint density at radius 1 is 1.05 bits per heavy atom. The molecule has 0 bridgehead atoms. The molecule has 0 aliphatic carbocycles. The third-order valence-corrected chi connectivity index (χ3v) is 3.70. The number of hydrogen-bond acceptors (Lipinski definition) is 4. The van der Waals surface area contributed by atoms with Crippen molar-refractivity contribution in [2.45, 2.75) is 0 Å². The lowest BCUT2D eigenvalue weighted by Crippen LogP contribution is -2.42. The quantitative estimate of drug-likeness (QED) is 0.812. The lowest BCUT2D eigenvalue weighted by Gasteiger charge is -2.26. The minimum atomic E-state index is -0.474. The number of carbonyl (C=O) groups excluding carboxylic acids is 2. The van der Waals surface area contributed by atoms with Crippen molar-refractivity contribution in [3.05, 3.63) is 48.0 Å². The van der Waals surface area contributed by atoms with E-state index in [1.807, 2.05) is 36.4 Å². The van der Waals surface area contributed by atoms with Gasteiger partial charge in [-0.3, -0.25) is 4.79 Å². The Kier molecular flexibility index (Phi) is 4.34. The topological polar surface area (TPSA) is 55.8 Å². The van der Waals surface area contributed by atoms with Gasteiger partial charge in [0.05, 0.1) is 18.8 Å². The molecule has 0 atom stereocenters. The normalized spacial score (nSPS) is 14.8. The Hall–Kier alpha value is -2.40.